The van der Waals surface area contributed by atoms with Gasteiger partial charge in [0, 0.05) is 0 Å². The lowest BCUT2D eigenvalue weighted by molar-refractivity contribution is 1.30. The smallest absolute Gasteiger partial charge is 0.167 e. The first-order valence-corrected chi connectivity index (χ1v) is 7.51. The summed E-state index contributed by atoms with van der Waals surface area (Å²) >= 11 is 11.7. The van der Waals surface area contributed by atoms with Crippen molar-refractivity contribution in [1.29, 1.82) is 0 Å². The van der Waals surface area contributed by atoms with Gasteiger partial charge in [-0.2, -0.15) is 0 Å². The van der Waals surface area contributed by atoms with Crippen molar-refractivity contribution in [3.05, 3.63) is 46.7 Å². The van der Waals surface area contributed by atoms with Gasteiger partial charge < -0.3 is 0 Å². The molecule has 3 aromatic rings. The molecule has 106 valence electrons. The molecule has 0 amide bonds. The molecule has 20 heavy (non-hydrogen) atoms. The van der Waals surface area contributed by atoms with Crippen molar-refractivity contribution in [1.82, 2.24) is 9.97 Å². The van der Waals surface area contributed by atoms with Gasteiger partial charge in [-0.1, -0.05) is 75.2 Å². The first-order chi connectivity index (χ1) is 9.74. The Bertz CT molecular complexity index is 636. The second-order valence-corrected chi connectivity index (χ2v) is 4.21. The lowest BCUT2D eigenvalue weighted by atomic mass is 10.1. The molecule has 0 spiro atoms. The summed E-state index contributed by atoms with van der Waals surface area (Å²) in [5, 5.41) is 2.71. The predicted octanol–water partition coefficient (Wildman–Crippen LogP) is 6.14. The van der Waals surface area contributed by atoms with E-state index in [1.165, 1.54) is 0 Å². The molecule has 0 radical (unpaired) electrons. The van der Waals surface area contributed by atoms with Gasteiger partial charge in [0.05, 0.1) is 11.0 Å². The van der Waals surface area contributed by atoms with E-state index in [0.29, 0.717) is 0 Å². The first kappa shape index (κ1) is 16.7. The number of fused-ring (bicyclic) bond motifs is 2. The Hall–Kier alpha value is -1.38. The largest absolute Gasteiger partial charge is 0.231 e. The third-order valence-corrected chi connectivity index (χ3v) is 3.07. The van der Waals surface area contributed by atoms with E-state index in [-0.39, 0.29) is 10.3 Å². The van der Waals surface area contributed by atoms with Crippen molar-refractivity contribution in [3.8, 4) is 0 Å². The minimum atomic E-state index is 0.240. The van der Waals surface area contributed by atoms with Crippen molar-refractivity contribution < 1.29 is 0 Å². The molecule has 0 aliphatic rings. The fraction of sp³-hybridized carbons (Fsp3) is 0.250. The zero-order valence-corrected chi connectivity index (χ0v) is 13.6. The van der Waals surface area contributed by atoms with Crippen LogP contribution in [0.25, 0.3) is 21.8 Å². The summed E-state index contributed by atoms with van der Waals surface area (Å²) in [7, 11) is 0. The molecule has 0 N–H and O–H groups in total. The van der Waals surface area contributed by atoms with Crippen molar-refractivity contribution in [3.63, 3.8) is 0 Å². The molecule has 0 fully saturated rings. The molecule has 0 saturated carbocycles. The molecule has 0 atom stereocenters. The first-order valence-electron chi connectivity index (χ1n) is 6.75. The lowest BCUT2D eigenvalue weighted by Crippen LogP contribution is -1.87. The number of nitrogens with zero attached hydrogens (tertiary/aromatic N) is 2. The summed E-state index contributed by atoms with van der Waals surface area (Å²) in [6.07, 6.45) is 0. The highest BCUT2D eigenvalue weighted by Crippen LogP contribution is 2.24. The summed E-state index contributed by atoms with van der Waals surface area (Å²) in [5.74, 6) is 0. The third kappa shape index (κ3) is 3.59. The zero-order valence-electron chi connectivity index (χ0n) is 12.1. The number of hydrogen-bond acceptors (Lipinski definition) is 2. The van der Waals surface area contributed by atoms with Gasteiger partial charge in [0.1, 0.15) is 0 Å². The molecule has 0 unspecified atom stereocenters. The van der Waals surface area contributed by atoms with E-state index in [2.05, 4.69) is 9.97 Å². The van der Waals surface area contributed by atoms with Crippen molar-refractivity contribution in [2.45, 2.75) is 27.7 Å². The van der Waals surface area contributed by atoms with Crippen LogP contribution < -0.4 is 0 Å². The number of benzene rings is 2. The molecule has 2 nitrogen and oxygen atoms in total. The van der Waals surface area contributed by atoms with Gasteiger partial charge in [0.25, 0.3) is 0 Å². The van der Waals surface area contributed by atoms with Gasteiger partial charge in [-0.25, -0.2) is 9.97 Å². The molecule has 4 heteroatoms. The average Bonchev–Trinajstić information content (AvgIpc) is 2.51. The molecule has 0 bridgehead atoms. The minimum absolute atomic E-state index is 0.240. The van der Waals surface area contributed by atoms with E-state index < -0.39 is 0 Å². The molecule has 1 aromatic heterocycles. The quantitative estimate of drug-likeness (QED) is 0.466. The molecule has 0 saturated heterocycles. The summed E-state index contributed by atoms with van der Waals surface area (Å²) in [6, 6.07) is 11.9. The molecule has 0 aliphatic heterocycles. The number of rotatable bonds is 0. The maximum atomic E-state index is 5.83. The fourth-order valence-electron chi connectivity index (χ4n) is 1.70. The Morgan fingerprint density at radius 1 is 0.700 bits per heavy atom. The fourth-order valence-corrected chi connectivity index (χ4v) is 1.97. The highest BCUT2D eigenvalue weighted by molar-refractivity contribution is 6.40. The molecule has 1 heterocycles. The van der Waals surface area contributed by atoms with Crippen LogP contribution in [0, 0.1) is 0 Å². The van der Waals surface area contributed by atoms with Crippen LogP contribution in [0.2, 0.25) is 10.3 Å². The standard InChI is InChI=1S/C12H6Cl2N2.2C2H6/c13-11-12(14)16-10-6-8-4-2-1-3-7(8)5-9(10)15-11;2*1-2/h1-6H;2*1-2H3. The third-order valence-electron chi connectivity index (χ3n) is 2.45. The SMILES string of the molecule is CC.CC.Clc1nc2cc3ccccc3cc2nc1Cl. The van der Waals surface area contributed by atoms with Gasteiger partial charge in [0.2, 0.25) is 0 Å². The number of aromatic nitrogens is 2. The Labute approximate surface area is 129 Å². The zero-order chi connectivity index (χ0) is 15.1. The van der Waals surface area contributed by atoms with Crippen LogP contribution in [-0.2, 0) is 0 Å². The lowest BCUT2D eigenvalue weighted by Gasteiger charge is -2.02. The number of halogens is 2. The van der Waals surface area contributed by atoms with Crippen LogP contribution >= 0.6 is 23.2 Å². The van der Waals surface area contributed by atoms with Crippen molar-refractivity contribution >= 4 is 45.0 Å². The minimum Gasteiger partial charge on any atom is -0.231 e. The summed E-state index contributed by atoms with van der Waals surface area (Å²) in [4.78, 5) is 8.39. The van der Waals surface area contributed by atoms with E-state index in [4.69, 9.17) is 23.2 Å². The molecule has 0 aliphatic carbocycles. The normalized spacial score (nSPS) is 9.50. The van der Waals surface area contributed by atoms with Crippen LogP contribution in [0.4, 0.5) is 0 Å². The highest BCUT2D eigenvalue weighted by atomic mass is 35.5. The van der Waals surface area contributed by atoms with Crippen molar-refractivity contribution in [2.24, 2.45) is 0 Å². The van der Waals surface area contributed by atoms with Crippen LogP contribution in [0.3, 0.4) is 0 Å². The molecular weight excluding hydrogens is 291 g/mol. The van der Waals surface area contributed by atoms with Gasteiger partial charge >= 0.3 is 0 Å². The maximum Gasteiger partial charge on any atom is 0.167 e. The summed E-state index contributed by atoms with van der Waals surface area (Å²) < 4.78 is 0. The molecule has 3 rings (SSSR count). The monoisotopic (exact) mass is 308 g/mol. The van der Waals surface area contributed by atoms with Crippen LogP contribution in [0.5, 0.6) is 0 Å². The van der Waals surface area contributed by atoms with E-state index >= 15 is 0 Å². The van der Waals surface area contributed by atoms with Crippen LogP contribution in [-0.4, -0.2) is 9.97 Å². The van der Waals surface area contributed by atoms with Gasteiger partial charge in [-0.05, 0) is 22.9 Å². The van der Waals surface area contributed by atoms with E-state index in [1.807, 2.05) is 64.1 Å². The highest BCUT2D eigenvalue weighted by Gasteiger charge is 2.05. The Morgan fingerprint density at radius 3 is 1.40 bits per heavy atom. The Morgan fingerprint density at radius 2 is 1.05 bits per heavy atom. The maximum absolute atomic E-state index is 5.83. The predicted molar refractivity (Wildman–Crippen MR) is 89.8 cm³/mol. The van der Waals surface area contributed by atoms with E-state index in [9.17, 15) is 0 Å². The summed E-state index contributed by atoms with van der Waals surface area (Å²) in [5.41, 5.74) is 1.52. The topological polar surface area (TPSA) is 25.8 Å². The van der Waals surface area contributed by atoms with Gasteiger partial charge in [-0.3, -0.25) is 0 Å². The Balaban J connectivity index is 0.000000461. The van der Waals surface area contributed by atoms with Crippen LogP contribution in [0.15, 0.2) is 36.4 Å². The number of hydrogen-bond donors (Lipinski definition) is 0. The second-order valence-electron chi connectivity index (χ2n) is 3.49. The average molecular weight is 309 g/mol. The van der Waals surface area contributed by atoms with E-state index in [0.717, 1.165) is 21.8 Å². The van der Waals surface area contributed by atoms with Gasteiger partial charge in [-0.15, -0.1) is 0 Å². The molecule has 2 aromatic carbocycles. The van der Waals surface area contributed by atoms with Gasteiger partial charge in [0.15, 0.2) is 10.3 Å². The van der Waals surface area contributed by atoms with E-state index in [1.54, 1.807) is 0 Å². The summed E-state index contributed by atoms with van der Waals surface area (Å²) in [6.45, 7) is 8.00. The molecular formula is C16H18Cl2N2. The Kier molecular flexibility index (Phi) is 6.69. The van der Waals surface area contributed by atoms with Crippen LogP contribution in [0.1, 0.15) is 27.7 Å². The second kappa shape index (κ2) is 8.03. The van der Waals surface area contributed by atoms with Crippen molar-refractivity contribution in [2.75, 3.05) is 0 Å².